The van der Waals surface area contributed by atoms with E-state index in [0.29, 0.717) is 41.6 Å². The second-order valence-electron chi connectivity index (χ2n) is 11.4. The molecule has 0 spiro atoms. The molecule has 6 nitrogen and oxygen atoms in total. The lowest BCUT2D eigenvalue weighted by atomic mass is 9.97. The lowest BCUT2D eigenvalue weighted by Crippen LogP contribution is -2.35. The molecule has 45 heavy (non-hydrogen) atoms. The molecule has 0 saturated heterocycles. The van der Waals surface area contributed by atoms with E-state index in [0.717, 1.165) is 39.5 Å². The quantitative estimate of drug-likeness (QED) is 0.193. The number of carbonyl (C=O) groups excluding carboxylic acids is 1. The van der Waals surface area contributed by atoms with E-state index >= 15 is 0 Å². The van der Waals surface area contributed by atoms with E-state index in [1.165, 1.54) is 24.3 Å². The van der Waals surface area contributed by atoms with Crippen LogP contribution >= 0.6 is 0 Å². The van der Waals surface area contributed by atoms with Crippen molar-refractivity contribution in [2.24, 2.45) is 0 Å². The molecular formula is C36H26F3N3O3. The third-order valence-corrected chi connectivity index (χ3v) is 8.46. The Hall–Kier alpha value is -5.44. The van der Waals surface area contributed by atoms with E-state index < -0.39 is 23.2 Å². The van der Waals surface area contributed by atoms with Crippen LogP contribution in [0.4, 0.5) is 13.2 Å². The fourth-order valence-corrected chi connectivity index (χ4v) is 5.91. The van der Waals surface area contributed by atoms with Crippen molar-refractivity contribution in [1.82, 2.24) is 14.9 Å². The van der Waals surface area contributed by atoms with Crippen molar-refractivity contribution in [2.45, 2.75) is 31.1 Å². The highest BCUT2D eigenvalue weighted by Crippen LogP contribution is 2.46. The Morgan fingerprint density at radius 3 is 2.31 bits per heavy atom. The fraction of sp³-hybridized carbons (Fsp3) is 0.139. The number of amides is 1. The molecule has 1 aliphatic carbocycles. The lowest BCUT2D eigenvalue weighted by molar-refractivity contribution is -0.137. The van der Waals surface area contributed by atoms with Gasteiger partial charge < -0.3 is 15.0 Å². The summed E-state index contributed by atoms with van der Waals surface area (Å²) in [5.41, 5.74) is 3.71. The molecule has 0 radical (unpaired) electrons. The van der Waals surface area contributed by atoms with Crippen molar-refractivity contribution in [3.05, 3.63) is 137 Å². The summed E-state index contributed by atoms with van der Waals surface area (Å²) in [6.45, 7) is 0.470. The molecule has 224 valence electrons. The first kappa shape index (κ1) is 28.3. The number of benzene rings is 4. The number of nitrogens with one attached hydrogen (secondary N) is 1. The van der Waals surface area contributed by atoms with Gasteiger partial charge in [0, 0.05) is 29.7 Å². The average molecular weight is 606 g/mol. The predicted octanol–water partition coefficient (Wildman–Crippen LogP) is 8.04. The number of pyridine rings is 1. The first-order valence-electron chi connectivity index (χ1n) is 14.4. The zero-order valence-corrected chi connectivity index (χ0v) is 23.8. The van der Waals surface area contributed by atoms with Crippen LogP contribution in [0, 0.1) is 0 Å². The van der Waals surface area contributed by atoms with Crippen LogP contribution in [0.2, 0.25) is 0 Å². The maximum absolute atomic E-state index is 14.1. The number of alkyl halides is 3. The monoisotopic (exact) mass is 605 g/mol. The van der Waals surface area contributed by atoms with E-state index in [1.807, 2.05) is 53.2 Å². The van der Waals surface area contributed by atoms with Crippen LogP contribution in [0.3, 0.4) is 0 Å². The first-order valence-corrected chi connectivity index (χ1v) is 14.4. The van der Waals surface area contributed by atoms with Gasteiger partial charge in [-0.1, -0.05) is 42.5 Å². The van der Waals surface area contributed by atoms with Gasteiger partial charge in [-0.3, -0.25) is 9.78 Å². The number of nitrogens with zero attached hydrogens (tertiary/aromatic N) is 2. The molecule has 7 rings (SSSR count). The molecule has 0 bridgehead atoms. The van der Waals surface area contributed by atoms with Crippen molar-refractivity contribution in [3.8, 4) is 11.1 Å². The zero-order valence-electron chi connectivity index (χ0n) is 23.8. The number of rotatable bonds is 7. The standard InChI is InChI=1S/C36H26F3N3O3/c37-36(38,39)29-11-5-23(6-12-29)27-19-26-13-17-42(21-22-3-4-24-2-1-16-40-31(24)18-22)32(26)30(20-27)33(43)41-35(14-15-35)28-9-7-25(8-10-28)34(44)45/h1-13,16-20H,14-15,21H2,(H,41,43)(H,44,45). The van der Waals surface area contributed by atoms with E-state index in [4.69, 9.17) is 0 Å². The molecule has 0 aliphatic heterocycles. The molecule has 1 saturated carbocycles. The molecule has 1 aliphatic rings. The third kappa shape index (κ3) is 5.42. The Morgan fingerprint density at radius 2 is 1.62 bits per heavy atom. The minimum absolute atomic E-state index is 0.161. The fourth-order valence-electron chi connectivity index (χ4n) is 5.91. The first-order chi connectivity index (χ1) is 21.6. The predicted molar refractivity (Wildman–Crippen MR) is 165 cm³/mol. The van der Waals surface area contributed by atoms with Crippen LogP contribution in [-0.2, 0) is 18.3 Å². The third-order valence-electron chi connectivity index (χ3n) is 8.46. The Balaban J connectivity index is 1.29. The lowest BCUT2D eigenvalue weighted by Gasteiger charge is -2.20. The number of carbonyl (C=O) groups is 2. The topological polar surface area (TPSA) is 84.2 Å². The van der Waals surface area contributed by atoms with Gasteiger partial charge in [-0.2, -0.15) is 13.2 Å². The van der Waals surface area contributed by atoms with Gasteiger partial charge in [0.05, 0.1) is 33.3 Å². The molecule has 2 N–H and O–H groups in total. The van der Waals surface area contributed by atoms with Gasteiger partial charge in [0.2, 0.25) is 0 Å². The molecule has 0 atom stereocenters. The summed E-state index contributed by atoms with van der Waals surface area (Å²) in [5, 5.41) is 14.3. The smallest absolute Gasteiger partial charge is 0.416 e. The van der Waals surface area contributed by atoms with E-state index in [2.05, 4.69) is 10.3 Å². The summed E-state index contributed by atoms with van der Waals surface area (Å²) in [6, 6.07) is 26.8. The number of carboxylic acid groups (broad SMARTS) is 1. The average Bonchev–Trinajstić information content (AvgIpc) is 3.71. The van der Waals surface area contributed by atoms with Crippen molar-refractivity contribution in [1.29, 1.82) is 0 Å². The van der Waals surface area contributed by atoms with Crippen LogP contribution in [0.25, 0.3) is 32.9 Å². The second-order valence-corrected chi connectivity index (χ2v) is 11.4. The highest BCUT2D eigenvalue weighted by Gasteiger charge is 2.46. The molecule has 2 heterocycles. The maximum Gasteiger partial charge on any atom is 0.416 e. The minimum atomic E-state index is -4.45. The Labute approximate surface area is 255 Å². The van der Waals surface area contributed by atoms with E-state index in [-0.39, 0.29) is 11.5 Å². The van der Waals surface area contributed by atoms with Gasteiger partial charge in [-0.25, -0.2) is 4.79 Å². The summed E-state index contributed by atoms with van der Waals surface area (Å²) >= 11 is 0. The van der Waals surface area contributed by atoms with E-state index in [9.17, 15) is 27.9 Å². The normalized spacial score (nSPS) is 14.0. The molecule has 1 amide bonds. The summed E-state index contributed by atoms with van der Waals surface area (Å²) < 4.78 is 41.7. The van der Waals surface area contributed by atoms with Crippen LogP contribution in [0.5, 0.6) is 0 Å². The zero-order chi connectivity index (χ0) is 31.3. The summed E-state index contributed by atoms with van der Waals surface area (Å²) in [7, 11) is 0. The molecule has 1 fully saturated rings. The van der Waals surface area contributed by atoms with Gasteiger partial charge in [-0.15, -0.1) is 0 Å². The van der Waals surface area contributed by atoms with Gasteiger partial charge in [0.15, 0.2) is 0 Å². The van der Waals surface area contributed by atoms with Crippen molar-refractivity contribution >= 4 is 33.7 Å². The SMILES string of the molecule is O=C(O)c1ccc(C2(NC(=O)c3cc(-c4ccc(C(F)(F)F)cc4)cc4ccn(Cc5ccc6cccnc6c5)c34)CC2)cc1. The van der Waals surface area contributed by atoms with Crippen LogP contribution in [-0.4, -0.2) is 26.5 Å². The largest absolute Gasteiger partial charge is 0.478 e. The van der Waals surface area contributed by atoms with Crippen LogP contribution < -0.4 is 5.32 Å². The van der Waals surface area contributed by atoms with Gasteiger partial charge in [0.25, 0.3) is 5.91 Å². The number of carboxylic acids is 1. The second kappa shape index (κ2) is 10.6. The van der Waals surface area contributed by atoms with Crippen molar-refractivity contribution in [2.75, 3.05) is 0 Å². The number of hydrogen-bond acceptors (Lipinski definition) is 3. The highest BCUT2D eigenvalue weighted by molar-refractivity contribution is 6.08. The number of hydrogen-bond donors (Lipinski definition) is 2. The van der Waals surface area contributed by atoms with Crippen LogP contribution in [0.15, 0.2) is 109 Å². The number of aromatic nitrogens is 2. The molecular weight excluding hydrogens is 579 g/mol. The van der Waals surface area contributed by atoms with Gasteiger partial charge in [0.1, 0.15) is 0 Å². The number of aromatic carboxylic acids is 1. The molecule has 6 aromatic rings. The summed E-state index contributed by atoms with van der Waals surface area (Å²) in [5.74, 6) is -1.35. The van der Waals surface area contributed by atoms with Gasteiger partial charge >= 0.3 is 12.1 Å². The number of halogens is 3. The van der Waals surface area contributed by atoms with Gasteiger partial charge in [-0.05, 0) is 89.7 Å². The molecule has 0 unspecified atom stereocenters. The Morgan fingerprint density at radius 1 is 0.867 bits per heavy atom. The summed E-state index contributed by atoms with van der Waals surface area (Å²) in [6.07, 6.45) is 0.573. The van der Waals surface area contributed by atoms with E-state index in [1.54, 1.807) is 24.4 Å². The van der Waals surface area contributed by atoms with Crippen molar-refractivity contribution < 1.29 is 27.9 Å². The maximum atomic E-state index is 14.1. The number of fused-ring (bicyclic) bond motifs is 2. The van der Waals surface area contributed by atoms with Crippen LogP contribution in [0.1, 0.15) is 50.2 Å². The summed E-state index contributed by atoms with van der Waals surface area (Å²) in [4.78, 5) is 29.9. The highest BCUT2D eigenvalue weighted by atomic mass is 19.4. The Bertz CT molecular complexity index is 2100. The molecule has 9 heteroatoms. The van der Waals surface area contributed by atoms with Crippen molar-refractivity contribution in [3.63, 3.8) is 0 Å². The molecule has 4 aromatic carbocycles. The molecule has 2 aromatic heterocycles. The minimum Gasteiger partial charge on any atom is -0.478 e. The Kier molecular flexibility index (Phi) is 6.69.